The summed E-state index contributed by atoms with van der Waals surface area (Å²) in [5.74, 6) is -0.232. The van der Waals surface area contributed by atoms with Gasteiger partial charge in [-0.3, -0.25) is 4.79 Å². The van der Waals surface area contributed by atoms with Crippen LogP contribution in [0.1, 0.15) is 36.8 Å². The zero-order valence-corrected chi connectivity index (χ0v) is 15.3. The molecule has 2 N–H and O–H groups in total. The second kappa shape index (κ2) is 9.54. The molecule has 0 bridgehead atoms. The van der Waals surface area contributed by atoms with Crippen LogP contribution in [-0.2, 0) is 17.6 Å². The van der Waals surface area contributed by atoms with E-state index in [0.29, 0.717) is 12.0 Å². The predicted molar refractivity (Wildman–Crippen MR) is 105 cm³/mol. The Kier molecular flexibility index (Phi) is 6.84. The number of hydrogen-bond donors (Lipinski definition) is 2. The summed E-state index contributed by atoms with van der Waals surface area (Å²) in [5.41, 5.74) is 2.76. The summed E-state index contributed by atoms with van der Waals surface area (Å²) in [6.45, 7) is 0.978. The van der Waals surface area contributed by atoms with Gasteiger partial charge in [0.15, 0.2) is 0 Å². The van der Waals surface area contributed by atoms with Gasteiger partial charge in [-0.25, -0.2) is 0 Å². The fourth-order valence-corrected chi connectivity index (χ4v) is 3.99. The highest BCUT2D eigenvalue weighted by molar-refractivity contribution is 5.70. The molecule has 1 aliphatic rings. The summed E-state index contributed by atoms with van der Waals surface area (Å²) >= 11 is 0. The summed E-state index contributed by atoms with van der Waals surface area (Å²) < 4.78 is 0. The van der Waals surface area contributed by atoms with Gasteiger partial charge in [0, 0.05) is 6.04 Å². The standard InChI is InChI=1S/C23H29NO2/c25-23(26)21-11-13-22(14-12-21)24-17-20(15-18-7-3-1-4-8-18)16-19-9-5-2-6-10-19/h1-10,20-22,24H,11-17H2,(H,25,26). The van der Waals surface area contributed by atoms with Crippen LogP contribution >= 0.6 is 0 Å². The van der Waals surface area contributed by atoms with E-state index < -0.39 is 5.97 Å². The SMILES string of the molecule is O=C(O)C1CCC(NCC(Cc2ccccc2)Cc2ccccc2)CC1. The van der Waals surface area contributed by atoms with E-state index in [1.165, 1.54) is 11.1 Å². The topological polar surface area (TPSA) is 49.3 Å². The lowest BCUT2D eigenvalue weighted by atomic mass is 9.85. The van der Waals surface area contributed by atoms with Crippen LogP contribution in [0, 0.1) is 11.8 Å². The van der Waals surface area contributed by atoms with Gasteiger partial charge in [0.1, 0.15) is 0 Å². The van der Waals surface area contributed by atoms with E-state index in [4.69, 9.17) is 5.11 Å². The lowest BCUT2D eigenvalue weighted by Crippen LogP contribution is -2.38. The second-order valence-electron chi connectivity index (χ2n) is 7.54. The molecule has 3 nitrogen and oxygen atoms in total. The Morgan fingerprint density at radius 2 is 1.38 bits per heavy atom. The van der Waals surface area contributed by atoms with Gasteiger partial charge in [-0.2, -0.15) is 0 Å². The molecule has 0 heterocycles. The maximum absolute atomic E-state index is 11.1. The molecule has 0 aromatic heterocycles. The third-order valence-electron chi connectivity index (χ3n) is 5.51. The third kappa shape index (κ3) is 5.70. The van der Waals surface area contributed by atoms with Gasteiger partial charge in [0.25, 0.3) is 0 Å². The normalized spacial score (nSPS) is 20.2. The molecule has 1 saturated carbocycles. The fourth-order valence-electron chi connectivity index (χ4n) is 3.99. The largest absolute Gasteiger partial charge is 0.481 e. The number of carboxylic acid groups (broad SMARTS) is 1. The number of benzene rings is 2. The first-order valence-electron chi connectivity index (χ1n) is 9.74. The molecule has 1 fully saturated rings. The predicted octanol–water partition coefficient (Wildman–Crippen LogP) is 4.32. The molecular formula is C23H29NO2. The van der Waals surface area contributed by atoms with Crippen molar-refractivity contribution < 1.29 is 9.90 Å². The number of rotatable bonds is 8. The monoisotopic (exact) mass is 351 g/mol. The summed E-state index contributed by atoms with van der Waals surface area (Å²) in [4.78, 5) is 11.1. The zero-order chi connectivity index (χ0) is 18.2. The molecule has 3 rings (SSSR count). The third-order valence-corrected chi connectivity index (χ3v) is 5.51. The average Bonchev–Trinajstić information content (AvgIpc) is 2.68. The second-order valence-corrected chi connectivity index (χ2v) is 7.54. The molecule has 0 amide bonds. The Morgan fingerprint density at radius 3 is 1.85 bits per heavy atom. The minimum absolute atomic E-state index is 0.141. The smallest absolute Gasteiger partial charge is 0.306 e. The van der Waals surface area contributed by atoms with E-state index in [2.05, 4.69) is 66.0 Å². The first kappa shape index (κ1) is 18.7. The number of carboxylic acids is 1. The van der Waals surface area contributed by atoms with Crippen molar-refractivity contribution in [1.82, 2.24) is 5.32 Å². The highest BCUT2D eigenvalue weighted by Gasteiger charge is 2.26. The van der Waals surface area contributed by atoms with E-state index in [0.717, 1.165) is 45.1 Å². The van der Waals surface area contributed by atoms with Crippen LogP contribution in [-0.4, -0.2) is 23.7 Å². The minimum atomic E-state index is -0.630. The molecule has 0 aliphatic heterocycles. The average molecular weight is 351 g/mol. The van der Waals surface area contributed by atoms with Gasteiger partial charge in [-0.1, -0.05) is 60.7 Å². The fraction of sp³-hybridized carbons (Fsp3) is 0.435. The van der Waals surface area contributed by atoms with E-state index in [1.807, 2.05) is 0 Å². The number of carbonyl (C=O) groups is 1. The van der Waals surface area contributed by atoms with Crippen molar-refractivity contribution in [3.05, 3.63) is 71.8 Å². The Morgan fingerprint density at radius 1 is 0.885 bits per heavy atom. The van der Waals surface area contributed by atoms with E-state index in [-0.39, 0.29) is 5.92 Å². The van der Waals surface area contributed by atoms with Crippen molar-refractivity contribution in [2.75, 3.05) is 6.54 Å². The highest BCUT2D eigenvalue weighted by atomic mass is 16.4. The van der Waals surface area contributed by atoms with Crippen LogP contribution in [0.3, 0.4) is 0 Å². The van der Waals surface area contributed by atoms with Gasteiger partial charge >= 0.3 is 5.97 Å². The van der Waals surface area contributed by atoms with E-state index in [9.17, 15) is 4.79 Å². The van der Waals surface area contributed by atoms with Crippen LogP contribution in [0.25, 0.3) is 0 Å². The zero-order valence-electron chi connectivity index (χ0n) is 15.3. The molecular weight excluding hydrogens is 322 g/mol. The van der Waals surface area contributed by atoms with Gasteiger partial charge in [0.05, 0.1) is 5.92 Å². The van der Waals surface area contributed by atoms with E-state index in [1.54, 1.807) is 0 Å². The minimum Gasteiger partial charge on any atom is -0.481 e. The van der Waals surface area contributed by atoms with Gasteiger partial charge < -0.3 is 10.4 Å². The lowest BCUT2D eigenvalue weighted by Gasteiger charge is -2.29. The van der Waals surface area contributed by atoms with E-state index >= 15 is 0 Å². The Hall–Kier alpha value is -2.13. The Balaban J connectivity index is 1.56. The molecule has 1 aliphatic carbocycles. The van der Waals surface area contributed by atoms with Gasteiger partial charge in [-0.05, 0) is 62.1 Å². The first-order valence-corrected chi connectivity index (χ1v) is 9.74. The lowest BCUT2D eigenvalue weighted by molar-refractivity contribution is -0.142. The maximum atomic E-state index is 11.1. The summed E-state index contributed by atoms with van der Waals surface area (Å²) in [7, 11) is 0. The van der Waals surface area contributed by atoms with Crippen molar-refractivity contribution in [2.24, 2.45) is 11.8 Å². The molecule has 26 heavy (non-hydrogen) atoms. The van der Waals surface area contributed by atoms with Crippen molar-refractivity contribution in [2.45, 2.75) is 44.6 Å². The molecule has 0 saturated heterocycles. The quantitative estimate of drug-likeness (QED) is 0.744. The summed E-state index contributed by atoms with van der Waals surface area (Å²) in [6, 6.07) is 21.8. The number of aliphatic carboxylic acids is 1. The van der Waals surface area contributed by atoms with Crippen LogP contribution in [0.2, 0.25) is 0 Å². The summed E-state index contributed by atoms with van der Waals surface area (Å²) in [6.07, 6.45) is 5.67. The Labute approximate surface area is 156 Å². The van der Waals surface area contributed by atoms with Gasteiger partial charge in [0.2, 0.25) is 0 Å². The van der Waals surface area contributed by atoms with Crippen molar-refractivity contribution >= 4 is 5.97 Å². The Bertz CT molecular complexity index is 622. The maximum Gasteiger partial charge on any atom is 0.306 e. The molecule has 0 atom stereocenters. The van der Waals surface area contributed by atoms with Crippen LogP contribution in [0.15, 0.2) is 60.7 Å². The highest BCUT2D eigenvalue weighted by Crippen LogP contribution is 2.25. The molecule has 2 aromatic carbocycles. The van der Waals surface area contributed by atoms with Crippen LogP contribution in [0.5, 0.6) is 0 Å². The molecule has 0 radical (unpaired) electrons. The number of hydrogen-bond acceptors (Lipinski definition) is 2. The van der Waals surface area contributed by atoms with Crippen molar-refractivity contribution in [3.63, 3.8) is 0 Å². The van der Waals surface area contributed by atoms with Gasteiger partial charge in [-0.15, -0.1) is 0 Å². The van der Waals surface area contributed by atoms with Crippen molar-refractivity contribution in [3.8, 4) is 0 Å². The van der Waals surface area contributed by atoms with Crippen LogP contribution in [0.4, 0.5) is 0 Å². The molecule has 2 aromatic rings. The molecule has 0 unspecified atom stereocenters. The molecule has 3 heteroatoms. The molecule has 138 valence electrons. The molecule has 0 spiro atoms. The first-order chi connectivity index (χ1) is 12.7. The number of nitrogens with one attached hydrogen (secondary N) is 1. The summed E-state index contributed by atoms with van der Waals surface area (Å²) in [5, 5.41) is 12.9. The van der Waals surface area contributed by atoms with Crippen LogP contribution < -0.4 is 5.32 Å². The van der Waals surface area contributed by atoms with Crippen molar-refractivity contribution in [1.29, 1.82) is 0 Å².